The molecular weight excluding hydrogens is 426 g/mol. The zero-order valence-corrected chi connectivity index (χ0v) is 19.1. The first kappa shape index (κ1) is 23.2. The van der Waals surface area contributed by atoms with Crippen LogP contribution in [-0.2, 0) is 11.3 Å². The highest BCUT2D eigenvalue weighted by Gasteiger charge is 2.27. The quantitative estimate of drug-likeness (QED) is 0.453. The Bertz CT molecular complexity index is 1020. The number of aromatic nitrogens is 2. The van der Waals surface area contributed by atoms with Gasteiger partial charge >= 0.3 is 6.03 Å². The van der Waals surface area contributed by atoms with Crippen molar-refractivity contribution in [2.24, 2.45) is 5.92 Å². The van der Waals surface area contributed by atoms with Crippen molar-refractivity contribution in [3.05, 3.63) is 60.2 Å². The summed E-state index contributed by atoms with van der Waals surface area (Å²) in [5.41, 5.74) is 1.85. The van der Waals surface area contributed by atoms with Crippen molar-refractivity contribution in [1.29, 1.82) is 0 Å². The van der Waals surface area contributed by atoms with Crippen molar-refractivity contribution in [2.75, 3.05) is 12.4 Å². The van der Waals surface area contributed by atoms with Gasteiger partial charge in [0.25, 0.3) is 0 Å². The SMILES string of the molecule is CC[C@H](C)[C@H](NC(=O)NCc1ccccc1)C(=O)Nc1nnc(-c2ccc(OC)cc2)s1. The zero-order valence-electron chi connectivity index (χ0n) is 18.3. The fourth-order valence-corrected chi connectivity index (χ4v) is 3.73. The van der Waals surface area contributed by atoms with Gasteiger partial charge in [-0.1, -0.05) is 61.9 Å². The van der Waals surface area contributed by atoms with E-state index in [0.717, 1.165) is 23.3 Å². The maximum atomic E-state index is 12.9. The number of carbonyl (C=O) groups is 2. The lowest BCUT2D eigenvalue weighted by Crippen LogP contribution is -2.50. The summed E-state index contributed by atoms with van der Waals surface area (Å²) in [6, 6.07) is 15.9. The average Bonchev–Trinajstić information content (AvgIpc) is 3.29. The summed E-state index contributed by atoms with van der Waals surface area (Å²) in [5, 5.41) is 17.7. The number of carbonyl (C=O) groups excluding carboxylic acids is 2. The highest BCUT2D eigenvalue weighted by Crippen LogP contribution is 2.28. The van der Waals surface area contributed by atoms with Gasteiger partial charge < -0.3 is 15.4 Å². The van der Waals surface area contributed by atoms with Gasteiger partial charge in [-0.15, -0.1) is 10.2 Å². The molecule has 0 fully saturated rings. The van der Waals surface area contributed by atoms with Crippen LogP contribution >= 0.6 is 11.3 Å². The van der Waals surface area contributed by atoms with Crippen molar-refractivity contribution in [1.82, 2.24) is 20.8 Å². The number of nitrogens with one attached hydrogen (secondary N) is 3. The van der Waals surface area contributed by atoms with Gasteiger partial charge in [-0.05, 0) is 35.7 Å². The monoisotopic (exact) mass is 453 g/mol. The summed E-state index contributed by atoms with van der Waals surface area (Å²) in [6.07, 6.45) is 0.726. The molecule has 168 valence electrons. The summed E-state index contributed by atoms with van der Waals surface area (Å²) >= 11 is 1.27. The lowest BCUT2D eigenvalue weighted by molar-refractivity contribution is -0.119. The molecule has 0 spiro atoms. The van der Waals surface area contributed by atoms with E-state index in [2.05, 4.69) is 26.1 Å². The molecule has 0 unspecified atom stereocenters. The van der Waals surface area contributed by atoms with Crippen LogP contribution in [0.4, 0.5) is 9.93 Å². The van der Waals surface area contributed by atoms with Gasteiger partial charge in [0.15, 0.2) is 0 Å². The number of hydrogen-bond acceptors (Lipinski definition) is 6. The first-order chi connectivity index (χ1) is 15.5. The summed E-state index contributed by atoms with van der Waals surface area (Å²) < 4.78 is 5.17. The predicted octanol–water partition coefficient (Wildman–Crippen LogP) is 4.07. The Morgan fingerprint density at radius 1 is 1.06 bits per heavy atom. The molecule has 0 saturated carbocycles. The highest BCUT2D eigenvalue weighted by atomic mass is 32.1. The van der Waals surface area contributed by atoms with Gasteiger partial charge in [-0.3, -0.25) is 10.1 Å². The molecule has 2 aromatic carbocycles. The molecule has 3 amide bonds. The second-order valence-corrected chi connectivity index (χ2v) is 8.28. The number of urea groups is 1. The van der Waals surface area contributed by atoms with Gasteiger partial charge in [0.1, 0.15) is 16.8 Å². The Hall–Kier alpha value is -3.46. The number of amides is 3. The van der Waals surface area contributed by atoms with E-state index >= 15 is 0 Å². The maximum absolute atomic E-state index is 12.9. The van der Waals surface area contributed by atoms with Crippen LogP contribution in [0.1, 0.15) is 25.8 Å². The van der Waals surface area contributed by atoms with Gasteiger partial charge in [-0.2, -0.15) is 0 Å². The Kier molecular flexibility index (Phi) is 8.15. The Morgan fingerprint density at radius 2 is 1.78 bits per heavy atom. The van der Waals surface area contributed by atoms with Crippen molar-refractivity contribution in [2.45, 2.75) is 32.9 Å². The molecule has 0 bridgehead atoms. The van der Waals surface area contributed by atoms with E-state index < -0.39 is 12.1 Å². The van der Waals surface area contributed by atoms with E-state index in [9.17, 15) is 9.59 Å². The molecule has 3 aromatic rings. The van der Waals surface area contributed by atoms with Gasteiger partial charge in [-0.25, -0.2) is 4.79 Å². The minimum absolute atomic E-state index is 0.0635. The Balaban J connectivity index is 1.61. The van der Waals surface area contributed by atoms with E-state index in [4.69, 9.17) is 4.74 Å². The zero-order chi connectivity index (χ0) is 22.9. The van der Waals surface area contributed by atoms with E-state index in [1.807, 2.05) is 68.4 Å². The normalized spacial score (nSPS) is 12.5. The third-order valence-corrected chi connectivity index (χ3v) is 5.96. The molecule has 0 saturated heterocycles. The lowest BCUT2D eigenvalue weighted by Gasteiger charge is -2.23. The summed E-state index contributed by atoms with van der Waals surface area (Å²) in [7, 11) is 1.61. The molecule has 0 aliphatic carbocycles. The summed E-state index contributed by atoms with van der Waals surface area (Å²) in [6.45, 7) is 4.27. The van der Waals surface area contributed by atoms with Crippen LogP contribution in [0.3, 0.4) is 0 Å². The van der Waals surface area contributed by atoms with Gasteiger partial charge in [0.05, 0.1) is 7.11 Å². The minimum Gasteiger partial charge on any atom is -0.497 e. The number of rotatable bonds is 9. The van der Waals surface area contributed by atoms with E-state index in [-0.39, 0.29) is 11.8 Å². The van der Waals surface area contributed by atoms with Crippen molar-refractivity contribution >= 4 is 28.4 Å². The lowest BCUT2D eigenvalue weighted by atomic mass is 9.98. The van der Waals surface area contributed by atoms with Crippen LogP contribution in [0.15, 0.2) is 54.6 Å². The molecule has 2 atom stereocenters. The minimum atomic E-state index is -0.705. The molecule has 3 N–H and O–H groups in total. The number of ether oxygens (including phenoxy) is 1. The number of hydrogen-bond donors (Lipinski definition) is 3. The summed E-state index contributed by atoms with van der Waals surface area (Å²) in [5.74, 6) is 0.359. The molecule has 0 aliphatic heterocycles. The molecule has 8 nitrogen and oxygen atoms in total. The largest absolute Gasteiger partial charge is 0.497 e. The molecule has 3 rings (SSSR count). The highest BCUT2D eigenvalue weighted by molar-refractivity contribution is 7.18. The van der Waals surface area contributed by atoms with E-state index in [1.165, 1.54) is 11.3 Å². The molecule has 0 aliphatic rings. The molecule has 1 heterocycles. The van der Waals surface area contributed by atoms with Crippen LogP contribution in [0.25, 0.3) is 10.6 Å². The van der Waals surface area contributed by atoms with Crippen LogP contribution in [0.2, 0.25) is 0 Å². The van der Waals surface area contributed by atoms with Crippen molar-refractivity contribution in [3.8, 4) is 16.3 Å². The topological polar surface area (TPSA) is 105 Å². The maximum Gasteiger partial charge on any atom is 0.315 e. The van der Waals surface area contributed by atoms with E-state index in [0.29, 0.717) is 16.7 Å². The predicted molar refractivity (Wildman–Crippen MR) is 126 cm³/mol. The standard InChI is InChI=1S/C23H27N5O3S/c1-4-15(2)19(25-22(30)24-14-16-8-6-5-7-9-16)20(29)26-23-28-27-21(32-23)17-10-12-18(31-3)13-11-17/h5-13,15,19H,4,14H2,1-3H3,(H2,24,25,30)(H,26,28,29)/t15-,19-/m0/s1. The summed E-state index contributed by atoms with van der Waals surface area (Å²) in [4.78, 5) is 25.3. The van der Waals surface area contributed by atoms with Crippen LogP contribution in [-0.4, -0.2) is 35.3 Å². The van der Waals surface area contributed by atoms with Gasteiger partial charge in [0.2, 0.25) is 11.0 Å². The van der Waals surface area contributed by atoms with Crippen LogP contribution in [0.5, 0.6) is 5.75 Å². The Labute approximate surface area is 191 Å². The molecular formula is C23H27N5O3S. The van der Waals surface area contributed by atoms with Gasteiger partial charge in [0, 0.05) is 12.1 Å². The molecule has 1 aromatic heterocycles. The van der Waals surface area contributed by atoms with Crippen LogP contribution in [0, 0.1) is 5.92 Å². The smallest absolute Gasteiger partial charge is 0.315 e. The average molecular weight is 454 g/mol. The number of nitrogens with zero attached hydrogens (tertiary/aromatic N) is 2. The third-order valence-electron chi connectivity index (χ3n) is 5.07. The Morgan fingerprint density at radius 3 is 2.44 bits per heavy atom. The second kappa shape index (κ2) is 11.2. The first-order valence-electron chi connectivity index (χ1n) is 10.4. The second-order valence-electron chi connectivity index (χ2n) is 7.31. The molecule has 9 heteroatoms. The first-order valence-corrected chi connectivity index (χ1v) is 11.2. The fraction of sp³-hybridized carbons (Fsp3) is 0.304. The van der Waals surface area contributed by atoms with Crippen LogP contribution < -0.4 is 20.7 Å². The number of methoxy groups -OCH3 is 1. The van der Waals surface area contributed by atoms with Crippen molar-refractivity contribution < 1.29 is 14.3 Å². The number of benzene rings is 2. The molecule has 0 radical (unpaired) electrons. The fourth-order valence-electron chi connectivity index (χ4n) is 2.98. The van der Waals surface area contributed by atoms with Crippen molar-refractivity contribution in [3.63, 3.8) is 0 Å². The third kappa shape index (κ3) is 6.27. The molecule has 32 heavy (non-hydrogen) atoms. The number of anilines is 1. The van der Waals surface area contributed by atoms with E-state index in [1.54, 1.807) is 7.11 Å².